The Morgan fingerprint density at radius 2 is 1.79 bits per heavy atom. The van der Waals surface area contributed by atoms with E-state index in [4.69, 9.17) is 14.7 Å². The maximum Gasteiger partial charge on any atom is 0.408 e. The highest BCUT2D eigenvalue weighted by Crippen LogP contribution is 2.19. The van der Waals surface area contributed by atoms with Crippen LogP contribution >= 0.6 is 0 Å². The number of rotatable bonds is 4. The summed E-state index contributed by atoms with van der Waals surface area (Å²) in [5.41, 5.74) is 0.848. The predicted octanol–water partition coefficient (Wildman–Crippen LogP) is 3.22. The molecule has 0 aliphatic carbocycles. The zero-order valence-corrected chi connectivity index (χ0v) is 18.0. The molecule has 1 atom stereocenters. The first-order valence-electron chi connectivity index (χ1n) is 9.37. The van der Waals surface area contributed by atoms with E-state index in [-0.39, 0.29) is 6.42 Å². The molecule has 8 heteroatoms. The molecule has 2 aromatic rings. The molecule has 1 N–H and O–H groups in total. The van der Waals surface area contributed by atoms with Crippen LogP contribution in [0.5, 0.6) is 0 Å². The molecule has 1 amide bonds. The van der Waals surface area contributed by atoms with Gasteiger partial charge in [0.25, 0.3) is 0 Å². The number of esters is 1. The Bertz CT molecular complexity index is 958. The minimum absolute atomic E-state index is 0.206. The van der Waals surface area contributed by atoms with Gasteiger partial charge in [-0.2, -0.15) is 5.26 Å². The second kappa shape index (κ2) is 8.11. The van der Waals surface area contributed by atoms with Crippen LogP contribution in [0.1, 0.15) is 52.9 Å². The molecular formula is C21H28N4O4. The number of aromatic nitrogens is 2. The third-order valence-corrected chi connectivity index (χ3v) is 3.87. The van der Waals surface area contributed by atoms with E-state index in [0.717, 1.165) is 11.1 Å². The third kappa shape index (κ3) is 6.21. The van der Waals surface area contributed by atoms with E-state index in [1.165, 1.54) is 0 Å². The van der Waals surface area contributed by atoms with Gasteiger partial charge in [0.2, 0.25) is 5.82 Å². The fourth-order valence-electron chi connectivity index (χ4n) is 2.71. The number of hydrogen-bond acceptors (Lipinski definition) is 6. The van der Waals surface area contributed by atoms with Crippen LogP contribution in [0.4, 0.5) is 4.79 Å². The number of hydrogen-bond donors (Lipinski definition) is 1. The molecule has 156 valence electrons. The summed E-state index contributed by atoms with van der Waals surface area (Å²) in [6.07, 6.45) is -0.487. The van der Waals surface area contributed by atoms with Gasteiger partial charge in [-0.05, 0) is 59.2 Å². The van der Waals surface area contributed by atoms with Crippen LogP contribution in [0.25, 0.3) is 11.0 Å². The van der Waals surface area contributed by atoms with Crippen LogP contribution in [0.2, 0.25) is 0 Å². The lowest BCUT2D eigenvalue weighted by Gasteiger charge is -2.26. The molecule has 1 aromatic heterocycles. The van der Waals surface area contributed by atoms with E-state index in [1.54, 1.807) is 59.2 Å². The van der Waals surface area contributed by atoms with Crippen molar-refractivity contribution in [2.24, 2.45) is 7.05 Å². The van der Waals surface area contributed by atoms with Crippen LogP contribution in [0.15, 0.2) is 18.2 Å². The number of ether oxygens (including phenoxy) is 2. The lowest BCUT2D eigenvalue weighted by atomic mass is 10.0. The number of nitrogens with zero attached hydrogens (tertiary/aromatic N) is 3. The Morgan fingerprint density at radius 1 is 1.17 bits per heavy atom. The van der Waals surface area contributed by atoms with Crippen molar-refractivity contribution in [3.63, 3.8) is 0 Å². The van der Waals surface area contributed by atoms with Crippen molar-refractivity contribution in [3.8, 4) is 6.07 Å². The van der Waals surface area contributed by atoms with Crippen molar-refractivity contribution in [1.82, 2.24) is 14.9 Å². The summed E-state index contributed by atoms with van der Waals surface area (Å²) in [6.45, 7) is 10.5. The summed E-state index contributed by atoms with van der Waals surface area (Å²) in [4.78, 5) is 29.2. The lowest BCUT2D eigenvalue weighted by molar-refractivity contribution is -0.157. The molecular weight excluding hydrogens is 372 g/mol. The standard InChI is InChI=1S/C21H28N4O4/c1-20(2,3)28-18(26)15(24-19(27)29-21(4,5)6)10-13-8-9-14-16(11-13)25(7)17(12-22)23-14/h8-9,11,15H,10H2,1-7H3,(H,24,27)/t15-/m0/s1. The molecule has 8 nitrogen and oxygen atoms in total. The summed E-state index contributed by atoms with van der Waals surface area (Å²) in [5, 5.41) is 11.8. The van der Waals surface area contributed by atoms with Crippen LogP contribution in [-0.2, 0) is 27.7 Å². The Morgan fingerprint density at radius 3 is 2.34 bits per heavy atom. The molecule has 0 saturated carbocycles. The molecule has 0 unspecified atom stereocenters. The summed E-state index contributed by atoms with van der Waals surface area (Å²) >= 11 is 0. The summed E-state index contributed by atoms with van der Waals surface area (Å²) < 4.78 is 12.4. The Kier molecular flexibility index (Phi) is 6.21. The molecule has 2 rings (SSSR count). The van der Waals surface area contributed by atoms with E-state index >= 15 is 0 Å². The predicted molar refractivity (Wildman–Crippen MR) is 108 cm³/mol. The van der Waals surface area contributed by atoms with Gasteiger partial charge in [0, 0.05) is 13.5 Å². The molecule has 1 heterocycles. The number of nitrogens with one attached hydrogen (secondary N) is 1. The van der Waals surface area contributed by atoms with Gasteiger partial charge in [-0.15, -0.1) is 0 Å². The number of benzene rings is 1. The zero-order valence-electron chi connectivity index (χ0n) is 18.0. The molecule has 0 spiro atoms. The molecule has 0 aliphatic heterocycles. The minimum Gasteiger partial charge on any atom is -0.458 e. The molecule has 0 saturated heterocycles. The van der Waals surface area contributed by atoms with Crippen molar-refractivity contribution in [2.45, 2.75) is 65.2 Å². The first-order chi connectivity index (χ1) is 13.3. The van der Waals surface area contributed by atoms with Gasteiger partial charge >= 0.3 is 12.1 Å². The number of imidazole rings is 1. The molecule has 1 aromatic carbocycles. The number of carbonyl (C=O) groups is 2. The quantitative estimate of drug-likeness (QED) is 0.790. The fourth-order valence-corrected chi connectivity index (χ4v) is 2.71. The third-order valence-electron chi connectivity index (χ3n) is 3.87. The number of alkyl carbamates (subject to hydrolysis) is 1. The minimum atomic E-state index is -0.926. The van der Waals surface area contributed by atoms with Crippen molar-refractivity contribution in [2.75, 3.05) is 0 Å². The molecule has 0 radical (unpaired) electrons. The number of aryl methyl sites for hydroxylation is 1. The first-order valence-corrected chi connectivity index (χ1v) is 9.37. The molecule has 29 heavy (non-hydrogen) atoms. The van der Waals surface area contributed by atoms with E-state index in [9.17, 15) is 9.59 Å². The van der Waals surface area contributed by atoms with Gasteiger partial charge in [-0.1, -0.05) is 6.07 Å². The average Bonchev–Trinajstić information content (AvgIpc) is 2.87. The van der Waals surface area contributed by atoms with Crippen molar-refractivity contribution >= 4 is 23.1 Å². The van der Waals surface area contributed by atoms with E-state index < -0.39 is 29.3 Å². The second-order valence-corrected chi connectivity index (χ2v) is 8.87. The highest BCUT2D eigenvalue weighted by Gasteiger charge is 2.29. The number of amides is 1. The van der Waals surface area contributed by atoms with Gasteiger partial charge in [0.15, 0.2) is 0 Å². The zero-order chi connectivity index (χ0) is 22.0. The highest BCUT2D eigenvalue weighted by atomic mass is 16.6. The molecule has 0 aliphatic rings. The maximum atomic E-state index is 12.7. The normalized spacial score (nSPS) is 12.9. The number of fused-ring (bicyclic) bond motifs is 1. The van der Waals surface area contributed by atoms with Crippen LogP contribution < -0.4 is 5.32 Å². The lowest BCUT2D eigenvalue weighted by Crippen LogP contribution is -2.47. The Hall–Kier alpha value is -3.08. The SMILES string of the molecule is Cn1c(C#N)nc2ccc(C[C@H](NC(=O)OC(C)(C)C)C(=O)OC(C)(C)C)cc21. The summed E-state index contributed by atoms with van der Waals surface area (Å²) in [6, 6.07) is 6.55. The average molecular weight is 400 g/mol. The fraction of sp³-hybridized carbons (Fsp3) is 0.524. The van der Waals surface area contributed by atoms with Gasteiger partial charge in [0.1, 0.15) is 23.3 Å². The topological polar surface area (TPSA) is 106 Å². The van der Waals surface area contributed by atoms with Gasteiger partial charge in [0.05, 0.1) is 11.0 Å². The number of nitriles is 1. The summed E-state index contributed by atoms with van der Waals surface area (Å²) in [7, 11) is 1.75. The molecule has 0 fully saturated rings. The summed E-state index contributed by atoms with van der Waals surface area (Å²) in [5.74, 6) is -0.251. The first kappa shape index (κ1) is 22.2. The number of carbonyl (C=O) groups excluding carboxylic acids is 2. The second-order valence-electron chi connectivity index (χ2n) is 8.87. The van der Waals surface area contributed by atoms with Gasteiger partial charge < -0.3 is 19.4 Å². The van der Waals surface area contributed by atoms with Gasteiger partial charge in [-0.3, -0.25) is 0 Å². The maximum absolute atomic E-state index is 12.7. The van der Waals surface area contributed by atoms with Crippen LogP contribution in [-0.4, -0.2) is 38.9 Å². The smallest absolute Gasteiger partial charge is 0.408 e. The molecule has 0 bridgehead atoms. The van der Waals surface area contributed by atoms with E-state index in [2.05, 4.69) is 10.3 Å². The Balaban J connectivity index is 2.29. The van der Waals surface area contributed by atoms with Crippen LogP contribution in [0, 0.1) is 11.3 Å². The van der Waals surface area contributed by atoms with E-state index in [0.29, 0.717) is 11.3 Å². The van der Waals surface area contributed by atoms with Crippen molar-refractivity contribution in [1.29, 1.82) is 5.26 Å². The Labute approximate surface area is 170 Å². The largest absolute Gasteiger partial charge is 0.458 e. The van der Waals surface area contributed by atoms with Crippen molar-refractivity contribution < 1.29 is 19.1 Å². The van der Waals surface area contributed by atoms with E-state index in [1.807, 2.05) is 18.2 Å². The van der Waals surface area contributed by atoms with Gasteiger partial charge in [-0.25, -0.2) is 14.6 Å². The monoisotopic (exact) mass is 400 g/mol. The van der Waals surface area contributed by atoms with Crippen LogP contribution in [0.3, 0.4) is 0 Å². The highest BCUT2D eigenvalue weighted by molar-refractivity contribution is 5.83. The van der Waals surface area contributed by atoms with Crippen molar-refractivity contribution in [3.05, 3.63) is 29.6 Å².